The molecule has 1 aromatic heterocycles. The van der Waals surface area contributed by atoms with Gasteiger partial charge in [-0.15, -0.1) is 0 Å². The molecule has 164 valence electrons. The molecule has 0 saturated heterocycles. The Balaban J connectivity index is 1.71. The summed E-state index contributed by atoms with van der Waals surface area (Å²) >= 11 is 1.83. The van der Waals surface area contributed by atoms with Crippen molar-refractivity contribution in [1.29, 1.82) is 0 Å². The van der Waals surface area contributed by atoms with Crippen LogP contribution in [0.5, 0.6) is 0 Å². The van der Waals surface area contributed by atoms with Crippen molar-refractivity contribution in [2.24, 2.45) is 0 Å². The third-order valence-corrected chi connectivity index (χ3v) is 8.82. The van der Waals surface area contributed by atoms with Crippen molar-refractivity contribution >= 4 is 33.4 Å². The van der Waals surface area contributed by atoms with Gasteiger partial charge in [0.15, 0.2) is 0 Å². The van der Waals surface area contributed by atoms with Gasteiger partial charge in [0, 0.05) is 20.6 Å². The fraction of sp³-hybridized carbons (Fsp3) is 0.0312. The maximum Gasteiger partial charge on any atom is 0.263 e. The van der Waals surface area contributed by atoms with E-state index in [2.05, 4.69) is 91.0 Å². The molecule has 8 rings (SSSR count). The molecule has 35 heavy (non-hydrogen) atoms. The van der Waals surface area contributed by atoms with Gasteiger partial charge in [-0.3, -0.25) is 9.36 Å². The highest BCUT2D eigenvalue weighted by molar-refractivity contribution is 7.99. The van der Waals surface area contributed by atoms with Crippen LogP contribution < -0.4 is 5.56 Å². The summed E-state index contributed by atoms with van der Waals surface area (Å²) in [5, 5.41) is 2.87. The van der Waals surface area contributed by atoms with E-state index in [0.29, 0.717) is 0 Å². The normalized spacial score (nSPS) is 14.5. The zero-order valence-electron chi connectivity index (χ0n) is 18.7. The van der Waals surface area contributed by atoms with Crippen LogP contribution in [0, 0.1) is 0 Å². The standard InChI is InChI=1S/C32H19NOS/c34-31-22-11-2-1-10-20(22)21-12-9-16-26-30(21)33(31)27-17-6-3-13-23(27)32(26)24-14-4-7-18-28(24)35-29-19-8-5-15-25(29)32/h1-19H. The summed E-state index contributed by atoms with van der Waals surface area (Å²) < 4.78 is 1.96. The first-order chi connectivity index (χ1) is 17.3. The van der Waals surface area contributed by atoms with Crippen LogP contribution in [0.3, 0.4) is 0 Å². The number of rotatable bonds is 0. The largest absolute Gasteiger partial charge is 0.276 e. The lowest BCUT2D eigenvalue weighted by atomic mass is 9.62. The molecule has 2 aliphatic rings. The third-order valence-electron chi connectivity index (χ3n) is 7.67. The molecular weight excluding hydrogens is 446 g/mol. The Morgan fingerprint density at radius 1 is 0.514 bits per heavy atom. The molecule has 0 radical (unpaired) electrons. The Kier molecular flexibility index (Phi) is 3.71. The smallest absolute Gasteiger partial charge is 0.263 e. The van der Waals surface area contributed by atoms with Crippen LogP contribution in [0.4, 0.5) is 0 Å². The molecule has 6 aromatic rings. The molecule has 0 saturated carbocycles. The molecule has 3 heterocycles. The van der Waals surface area contributed by atoms with E-state index in [4.69, 9.17) is 0 Å². The second-order valence-electron chi connectivity index (χ2n) is 9.25. The maximum atomic E-state index is 14.0. The molecule has 0 atom stereocenters. The molecule has 3 heteroatoms. The Bertz CT molecular complexity index is 1870. The Labute approximate surface area is 206 Å². The molecule has 2 nitrogen and oxygen atoms in total. The highest BCUT2D eigenvalue weighted by Crippen LogP contribution is 2.59. The first-order valence-electron chi connectivity index (χ1n) is 11.8. The number of nitrogens with zero attached hydrogens (tertiary/aromatic N) is 1. The minimum atomic E-state index is -0.510. The van der Waals surface area contributed by atoms with Gasteiger partial charge in [-0.25, -0.2) is 0 Å². The first-order valence-corrected chi connectivity index (χ1v) is 12.7. The second kappa shape index (κ2) is 6.74. The van der Waals surface area contributed by atoms with Crippen LogP contribution in [-0.2, 0) is 5.41 Å². The van der Waals surface area contributed by atoms with Crippen molar-refractivity contribution < 1.29 is 0 Å². The van der Waals surface area contributed by atoms with Gasteiger partial charge in [0.1, 0.15) is 0 Å². The number of benzene rings is 5. The number of pyridine rings is 1. The molecule has 0 fully saturated rings. The average molecular weight is 466 g/mol. The van der Waals surface area contributed by atoms with Crippen LogP contribution in [-0.4, -0.2) is 4.57 Å². The molecule has 1 spiro atoms. The fourth-order valence-electron chi connectivity index (χ4n) is 6.37. The average Bonchev–Trinajstić information content (AvgIpc) is 2.92. The van der Waals surface area contributed by atoms with E-state index in [-0.39, 0.29) is 5.56 Å². The fourth-order valence-corrected chi connectivity index (χ4v) is 7.56. The summed E-state index contributed by atoms with van der Waals surface area (Å²) in [7, 11) is 0. The zero-order valence-corrected chi connectivity index (χ0v) is 19.5. The number of hydrogen-bond donors (Lipinski definition) is 0. The third kappa shape index (κ3) is 2.25. The van der Waals surface area contributed by atoms with Gasteiger partial charge >= 0.3 is 0 Å². The summed E-state index contributed by atoms with van der Waals surface area (Å²) in [6, 6.07) is 40.5. The molecule has 0 N–H and O–H groups in total. The van der Waals surface area contributed by atoms with E-state index in [0.717, 1.165) is 38.5 Å². The summed E-state index contributed by atoms with van der Waals surface area (Å²) in [6.07, 6.45) is 0. The highest BCUT2D eigenvalue weighted by atomic mass is 32.2. The van der Waals surface area contributed by atoms with Gasteiger partial charge in [-0.05, 0) is 51.9 Å². The van der Waals surface area contributed by atoms with Gasteiger partial charge in [0.05, 0.1) is 16.6 Å². The number of hydrogen-bond acceptors (Lipinski definition) is 2. The van der Waals surface area contributed by atoms with Crippen molar-refractivity contribution in [3.63, 3.8) is 0 Å². The van der Waals surface area contributed by atoms with E-state index >= 15 is 0 Å². The lowest BCUT2D eigenvalue weighted by molar-refractivity contribution is 0.684. The molecule has 0 amide bonds. The topological polar surface area (TPSA) is 22.0 Å². The van der Waals surface area contributed by atoms with Crippen LogP contribution in [0.15, 0.2) is 130 Å². The van der Waals surface area contributed by atoms with Crippen LogP contribution in [0.25, 0.3) is 27.4 Å². The number of fused-ring (bicyclic) bond motifs is 10. The molecule has 0 bridgehead atoms. The number of aromatic nitrogens is 1. The Morgan fingerprint density at radius 3 is 1.80 bits per heavy atom. The predicted octanol–water partition coefficient (Wildman–Crippen LogP) is 7.30. The summed E-state index contributed by atoms with van der Waals surface area (Å²) in [6.45, 7) is 0. The summed E-state index contributed by atoms with van der Waals surface area (Å²) in [5.74, 6) is 0. The van der Waals surface area contributed by atoms with E-state index in [1.165, 1.54) is 20.9 Å². The van der Waals surface area contributed by atoms with E-state index in [1.807, 2.05) is 40.6 Å². The molecular formula is C32H19NOS. The molecule has 5 aromatic carbocycles. The lowest BCUT2D eigenvalue weighted by Gasteiger charge is -2.45. The van der Waals surface area contributed by atoms with Crippen molar-refractivity contribution in [2.75, 3.05) is 0 Å². The Morgan fingerprint density at radius 2 is 1.06 bits per heavy atom. The monoisotopic (exact) mass is 465 g/mol. The first kappa shape index (κ1) is 19.2. The van der Waals surface area contributed by atoms with Gasteiger partial charge < -0.3 is 0 Å². The van der Waals surface area contributed by atoms with Crippen LogP contribution in [0.1, 0.15) is 22.3 Å². The van der Waals surface area contributed by atoms with Crippen molar-refractivity contribution in [3.8, 4) is 5.69 Å². The maximum absolute atomic E-state index is 14.0. The second-order valence-corrected chi connectivity index (χ2v) is 10.3. The van der Waals surface area contributed by atoms with Gasteiger partial charge in [-0.1, -0.05) is 103 Å². The van der Waals surface area contributed by atoms with Crippen molar-refractivity contribution in [2.45, 2.75) is 15.2 Å². The minimum absolute atomic E-state index is 0.0367. The minimum Gasteiger partial charge on any atom is -0.276 e. The highest BCUT2D eigenvalue weighted by Gasteiger charge is 2.49. The summed E-state index contributed by atoms with van der Waals surface area (Å²) in [4.78, 5) is 16.6. The van der Waals surface area contributed by atoms with Crippen molar-refractivity contribution in [1.82, 2.24) is 4.57 Å². The summed E-state index contributed by atoms with van der Waals surface area (Å²) in [5.41, 5.74) is 6.36. The van der Waals surface area contributed by atoms with Crippen molar-refractivity contribution in [3.05, 3.63) is 148 Å². The molecule has 2 aliphatic heterocycles. The van der Waals surface area contributed by atoms with E-state index in [1.54, 1.807) is 0 Å². The lowest BCUT2D eigenvalue weighted by Crippen LogP contribution is -2.40. The van der Waals surface area contributed by atoms with Gasteiger partial charge in [0.2, 0.25) is 0 Å². The van der Waals surface area contributed by atoms with Gasteiger partial charge in [-0.2, -0.15) is 0 Å². The predicted molar refractivity (Wildman–Crippen MR) is 143 cm³/mol. The SMILES string of the molecule is O=c1c2ccccc2c2cccc3c2n1-c1ccccc1C31c2ccccc2Sc2ccccc21. The van der Waals surface area contributed by atoms with Crippen LogP contribution in [0.2, 0.25) is 0 Å². The zero-order chi connectivity index (χ0) is 23.1. The quantitative estimate of drug-likeness (QED) is 0.219. The number of para-hydroxylation sites is 2. The van der Waals surface area contributed by atoms with Gasteiger partial charge in [0.25, 0.3) is 5.56 Å². The van der Waals surface area contributed by atoms with E-state index in [9.17, 15) is 4.79 Å². The Hall–Kier alpha value is -4.08. The molecule has 0 aliphatic carbocycles. The van der Waals surface area contributed by atoms with E-state index < -0.39 is 5.41 Å². The molecule has 0 unspecified atom stereocenters. The van der Waals surface area contributed by atoms with Crippen LogP contribution >= 0.6 is 11.8 Å².